The van der Waals surface area contributed by atoms with Gasteiger partial charge in [-0.2, -0.15) is 0 Å². The van der Waals surface area contributed by atoms with Crippen molar-refractivity contribution in [2.45, 2.75) is 13.0 Å². The van der Waals surface area contributed by atoms with Gasteiger partial charge in [-0.1, -0.05) is 29.8 Å². The smallest absolute Gasteiger partial charge is 0.300 e. The molecule has 1 unspecified atom stereocenters. The predicted octanol–water partition coefficient (Wildman–Crippen LogP) is 4.03. The number of Topliss-reactive ketones (excluding diaryl/α,β-unsaturated/α-hetero) is 1. The van der Waals surface area contributed by atoms with E-state index in [1.807, 2.05) is 19.1 Å². The molecule has 0 aliphatic carbocycles. The van der Waals surface area contributed by atoms with Gasteiger partial charge in [0, 0.05) is 17.3 Å². The molecule has 32 heavy (non-hydrogen) atoms. The van der Waals surface area contributed by atoms with Crippen LogP contribution in [-0.2, 0) is 9.59 Å². The maximum atomic E-state index is 13.2. The van der Waals surface area contributed by atoms with Gasteiger partial charge in [-0.3, -0.25) is 19.5 Å². The number of pyridine rings is 1. The average Bonchev–Trinajstić information content (AvgIpc) is 3.09. The van der Waals surface area contributed by atoms with Gasteiger partial charge in [0.05, 0.1) is 37.7 Å². The molecule has 1 amide bonds. The van der Waals surface area contributed by atoms with Crippen molar-refractivity contribution in [2.75, 3.05) is 19.1 Å². The summed E-state index contributed by atoms with van der Waals surface area (Å²) >= 11 is 0. The van der Waals surface area contributed by atoms with Crippen LogP contribution in [0.1, 0.15) is 22.7 Å². The number of hydrogen-bond donors (Lipinski definition) is 1. The third kappa shape index (κ3) is 3.58. The van der Waals surface area contributed by atoms with Gasteiger partial charge in [-0.15, -0.1) is 0 Å². The number of aliphatic hydroxyl groups excluding tert-OH is 1. The Hall–Kier alpha value is -4.13. The van der Waals surface area contributed by atoms with Crippen molar-refractivity contribution < 1.29 is 24.2 Å². The molecule has 0 saturated carbocycles. The lowest BCUT2D eigenvalue weighted by Crippen LogP contribution is -2.29. The van der Waals surface area contributed by atoms with Crippen molar-refractivity contribution in [1.82, 2.24) is 4.98 Å². The molecule has 1 atom stereocenters. The van der Waals surface area contributed by atoms with Crippen molar-refractivity contribution in [1.29, 1.82) is 0 Å². The fourth-order valence-corrected chi connectivity index (χ4v) is 3.81. The molecule has 7 heteroatoms. The van der Waals surface area contributed by atoms with Crippen LogP contribution in [0.15, 0.2) is 72.6 Å². The maximum Gasteiger partial charge on any atom is 0.300 e. The standard InChI is InChI=1S/C25H22N2O5/c1-15-6-8-16(9-7-15)23(28)21-22(19-13-18(31-2)10-11-20(19)32-3)27(25(30)24(21)29)17-5-4-12-26-14-17/h4-14,22,28H,1-3H3/b23-21-. The van der Waals surface area contributed by atoms with Crippen LogP contribution in [0.5, 0.6) is 11.5 Å². The zero-order valence-corrected chi connectivity index (χ0v) is 17.9. The van der Waals surface area contributed by atoms with Crippen LogP contribution in [0.2, 0.25) is 0 Å². The van der Waals surface area contributed by atoms with Gasteiger partial charge in [0.1, 0.15) is 17.3 Å². The van der Waals surface area contributed by atoms with Crippen LogP contribution in [-0.4, -0.2) is 36.0 Å². The van der Waals surface area contributed by atoms with Gasteiger partial charge in [0.15, 0.2) is 0 Å². The fourth-order valence-electron chi connectivity index (χ4n) is 3.81. The summed E-state index contributed by atoms with van der Waals surface area (Å²) in [5.41, 5.74) is 2.33. The molecular weight excluding hydrogens is 408 g/mol. The van der Waals surface area contributed by atoms with E-state index in [0.29, 0.717) is 28.3 Å². The summed E-state index contributed by atoms with van der Waals surface area (Å²) in [5.74, 6) is -0.845. The lowest BCUT2D eigenvalue weighted by molar-refractivity contribution is -0.132. The molecule has 162 valence electrons. The van der Waals surface area contributed by atoms with Crippen LogP contribution in [0.4, 0.5) is 5.69 Å². The van der Waals surface area contributed by atoms with E-state index in [4.69, 9.17) is 9.47 Å². The van der Waals surface area contributed by atoms with Crippen molar-refractivity contribution in [3.8, 4) is 11.5 Å². The molecule has 7 nitrogen and oxygen atoms in total. The summed E-state index contributed by atoms with van der Waals surface area (Å²) in [6.45, 7) is 1.92. The number of amides is 1. The summed E-state index contributed by atoms with van der Waals surface area (Å²) in [4.78, 5) is 31.8. The number of carbonyl (C=O) groups excluding carboxylic acids is 2. The van der Waals surface area contributed by atoms with E-state index in [0.717, 1.165) is 5.56 Å². The number of anilines is 1. The lowest BCUT2D eigenvalue weighted by Gasteiger charge is -2.26. The average molecular weight is 430 g/mol. The Morgan fingerprint density at radius 2 is 1.78 bits per heavy atom. The van der Waals surface area contributed by atoms with Gasteiger partial charge < -0.3 is 14.6 Å². The normalized spacial score (nSPS) is 17.5. The molecule has 2 heterocycles. The molecular formula is C25H22N2O5. The first-order chi connectivity index (χ1) is 15.5. The molecule has 0 bridgehead atoms. The first kappa shape index (κ1) is 21.1. The van der Waals surface area contributed by atoms with Gasteiger partial charge in [-0.25, -0.2) is 0 Å². The monoisotopic (exact) mass is 430 g/mol. The summed E-state index contributed by atoms with van der Waals surface area (Å²) < 4.78 is 10.9. The van der Waals surface area contributed by atoms with Crippen LogP contribution in [0.25, 0.3) is 5.76 Å². The second kappa shape index (κ2) is 8.55. The summed E-state index contributed by atoms with van der Waals surface area (Å²) in [6, 6.07) is 14.6. The van der Waals surface area contributed by atoms with Crippen molar-refractivity contribution >= 4 is 23.1 Å². The van der Waals surface area contributed by atoms with E-state index in [1.165, 1.54) is 25.3 Å². The second-order valence-corrected chi connectivity index (χ2v) is 7.35. The number of nitrogens with zero attached hydrogens (tertiary/aromatic N) is 2. The molecule has 3 aromatic rings. The minimum Gasteiger partial charge on any atom is -0.507 e. The molecule has 0 spiro atoms. The number of ketones is 1. The first-order valence-corrected chi connectivity index (χ1v) is 9.96. The number of benzene rings is 2. The van der Waals surface area contributed by atoms with Crippen LogP contribution in [0.3, 0.4) is 0 Å². The van der Waals surface area contributed by atoms with Crippen molar-refractivity contribution in [3.63, 3.8) is 0 Å². The Morgan fingerprint density at radius 3 is 2.41 bits per heavy atom. The van der Waals surface area contributed by atoms with Gasteiger partial charge in [0.2, 0.25) is 0 Å². The van der Waals surface area contributed by atoms with Crippen molar-refractivity contribution in [2.24, 2.45) is 0 Å². The maximum absolute atomic E-state index is 13.2. The highest BCUT2D eigenvalue weighted by molar-refractivity contribution is 6.51. The fraction of sp³-hybridized carbons (Fsp3) is 0.160. The SMILES string of the molecule is COc1ccc(OC)c(C2/C(=C(/O)c3ccc(C)cc3)C(=O)C(=O)N2c2cccnc2)c1. The highest BCUT2D eigenvalue weighted by Crippen LogP contribution is 2.45. The van der Waals surface area contributed by atoms with E-state index in [9.17, 15) is 14.7 Å². The van der Waals surface area contributed by atoms with Gasteiger partial charge >= 0.3 is 0 Å². The molecule has 0 radical (unpaired) electrons. The third-order valence-electron chi connectivity index (χ3n) is 5.42. The Balaban J connectivity index is 2.01. The predicted molar refractivity (Wildman–Crippen MR) is 120 cm³/mol. The Kier molecular flexibility index (Phi) is 5.64. The molecule has 1 aliphatic rings. The van der Waals surface area contributed by atoms with Gasteiger partial charge in [0.25, 0.3) is 11.7 Å². The minimum absolute atomic E-state index is 0.0331. The Morgan fingerprint density at radius 1 is 1.03 bits per heavy atom. The van der Waals surface area contributed by atoms with Crippen LogP contribution in [0, 0.1) is 6.92 Å². The summed E-state index contributed by atoms with van der Waals surface area (Å²) in [6.07, 6.45) is 3.07. The number of hydrogen-bond acceptors (Lipinski definition) is 6. The van der Waals surface area contributed by atoms with E-state index >= 15 is 0 Å². The van der Waals surface area contributed by atoms with Crippen molar-refractivity contribution in [3.05, 3.63) is 89.3 Å². The summed E-state index contributed by atoms with van der Waals surface area (Å²) in [5, 5.41) is 11.2. The zero-order valence-electron chi connectivity index (χ0n) is 17.9. The molecule has 1 aliphatic heterocycles. The first-order valence-electron chi connectivity index (χ1n) is 9.96. The molecule has 1 saturated heterocycles. The number of aliphatic hydroxyl groups is 1. The Bertz CT molecular complexity index is 1200. The highest BCUT2D eigenvalue weighted by atomic mass is 16.5. The topological polar surface area (TPSA) is 89.0 Å². The van der Waals surface area contributed by atoms with Gasteiger partial charge in [-0.05, 0) is 37.3 Å². The Labute approximate surface area is 185 Å². The van der Waals surface area contributed by atoms with E-state index < -0.39 is 17.7 Å². The molecule has 1 fully saturated rings. The molecule has 1 aromatic heterocycles. The lowest BCUT2D eigenvalue weighted by atomic mass is 9.94. The zero-order chi connectivity index (χ0) is 22.8. The quantitative estimate of drug-likeness (QED) is 0.373. The summed E-state index contributed by atoms with van der Waals surface area (Å²) in [7, 11) is 3.03. The molecule has 2 aromatic carbocycles. The van der Waals surface area contributed by atoms with Crippen LogP contribution >= 0.6 is 0 Å². The number of ether oxygens (including phenoxy) is 2. The number of aryl methyl sites for hydroxylation is 1. The number of methoxy groups -OCH3 is 2. The van der Waals surface area contributed by atoms with E-state index in [-0.39, 0.29) is 11.3 Å². The third-order valence-corrected chi connectivity index (χ3v) is 5.42. The second-order valence-electron chi connectivity index (χ2n) is 7.35. The van der Waals surface area contributed by atoms with E-state index in [1.54, 1.807) is 48.7 Å². The highest BCUT2D eigenvalue weighted by Gasteiger charge is 2.48. The number of carbonyl (C=O) groups is 2. The molecule has 1 N–H and O–H groups in total. The van der Waals surface area contributed by atoms with E-state index in [2.05, 4.69) is 4.98 Å². The number of rotatable bonds is 5. The minimum atomic E-state index is -0.939. The molecule has 4 rings (SSSR count). The van der Waals surface area contributed by atoms with Crippen LogP contribution < -0.4 is 14.4 Å². The largest absolute Gasteiger partial charge is 0.507 e. The number of aromatic nitrogens is 1.